The van der Waals surface area contributed by atoms with Crippen molar-refractivity contribution in [2.75, 3.05) is 17.2 Å². The van der Waals surface area contributed by atoms with Gasteiger partial charge in [0.1, 0.15) is 0 Å². The number of nitrogen functional groups attached to an aromatic ring is 3. The van der Waals surface area contributed by atoms with Gasteiger partial charge in [0.05, 0.1) is 16.3 Å². The first-order chi connectivity index (χ1) is 15.3. The molecule has 0 saturated carbocycles. The number of non-ortho nitro benzene ring substituents is 1. The van der Waals surface area contributed by atoms with E-state index in [1.807, 2.05) is 31.2 Å². The van der Waals surface area contributed by atoms with Crippen molar-refractivity contribution >= 4 is 51.5 Å². The van der Waals surface area contributed by atoms with Gasteiger partial charge in [-0.1, -0.05) is 17.7 Å². The van der Waals surface area contributed by atoms with E-state index in [0.717, 1.165) is 5.56 Å². The molecule has 13 heteroatoms. The van der Waals surface area contributed by atoms with Crippen LogP contribution in [-0.2, 0) is 0 Å². The smallest absolute Gasteiger partial charge is 0.269 e. The maximum absolute atomic E-state index is 10.8. The van der Waals surface area contributed by atoms with Crippen LogP contribution >= 0.6 is 0 Å². The number of nitrogens with zero attached hydrogens (tertiary/aromatic N) is 8. The number of hydrogen-bond donors (Lipinski definition) is 3. The summed E-state index contributed by atoms with van der Waals surface area (Å²) in [5.74, 6) is 0.0814. The van der Waals surface area contributed by atoms with Crippen molar-refractivity contribution in [1.29, 1.82) is 0 Å². The van der Waals surface area contributed by atoms with Gasteiger partial charge in [0.25, 0.3) is 5.69 Å². The fraction of sp³-hybridized carbons (Fsp3) is 0.0526. The first-order valence-electron chi connectivity index (χ1n) is 9.21. The third-order valence-electron chi connectivity index (χ3n) is 4.43. The molecule has 0 radical (unpaired) electrons. The molecule has 0 amide bonds. The van der Waals surface area contributed by atoms with Crippen LogP contribution in [0.2, 0.25) is 0 Å². The molecule has 0 bridgehead atoms. The minimum atomic E-state index is -0.509. The zero-order valence-corrected chi connectivity index (χ0v) is 16.7. The molecule has 0 aliphatic heterocycles. The third kappa shape index (κ3) is 3.89. The quantitative estimate of drug-likeness (QED) is 0.234. The zero-order valence-electron chi connectivity index (χ0n) is 16.7. The number of fused-ring (bicyclic) bond motifs is 1. The lowest BCUT2D eigenvalue weighted by Crippen LogP contribution is -2.04. The Kier molecular flexibility index (Phi) is 5.12. The number of nitrogens with two attached hydrogens (primary N) is 3. The van der Waals surface area contributed by atoms with Crippen LogP contribution in [0.4, 0.5) is 45.9 Å². The summed E-state index contributed by atoms with van der Waals surface area (Å²) in [6, 6.07) is 12.9. The highest BCUT2D eigenvalue weighted by Gasteiger charge is 2.18. The molecule has 0 fully saturated rings. The molecule has 6 N–H and O–H groups in total. The Morgan fingerprint density at radius 2 is 1.41 bits per heavy atom. The highest BCUT2D eigenvalue weighted by Crippen LogP contribution is 2.36. The third-order valence-corrected chi connectivity index (χ3v) is 4.43. The van der Waals surface area contributed by atoms with Crippen LogP contribution in [0.3, 0.4) is 0 Å². The molecule has 160 valence electrons. The van der Waals surface area contributed by atoms with Crippen LogP contribution in [0.25, 0.3) is 5.65 Å². The van der Waals surface area contributed by atoms with E-state index in [4.69, 9.17) is 17.2 Å². The largest absolute Gasteiger partial charge is 0.382 e. The standard InChI is InChI=1S/C19H17N11O2/c1-10-2-4-11(5-3-10)25-27-15-17(21)28-29-18(22)14(16(20)23-19(15)29)26-24-12-6-8-13(9-7-12)30(31)32/h2-9H,22H2,1H3,(H2,20,23)(H2,21,28). The van der Waals surface area contributed by atoms with E-state index >= 15 is 0 Å². The van der Waals surface area contributed by atoms with Crippen molar-refractivity contribution in [3.63, 3.8) is 0 Å². The fourth-order valence-corrected chi connectivity index (χ4v) is 2.75. The summed E-state index contributed by atoms with van der Waals surface area (Å²) in [6.45, 7) is 1.97. The lowest BCUT2D eigenvalue weighted by Gasteiger charge is -2.05. The van der Waals surface area contributed by atoms with Crippen LogP contribution in [0.1, 0.15) is 5.56 Å². The number of hydrogen-bond acceptors (Lipinski definition) is 11. The predicted octanol–water partition coefficient (Wildman–Crippen LogP) is 4.52. The molecule has 2 aromatic carbocycles. The number of nitro benzene ring substituents is 1. The predicted molar refractivity (Wildman–Crippen MR) is 119 cm³/mol. The summed E-state index contributed by atoms with van der Waals surface area (Å²) in [6.07, 6.45) is 0. The molecule has 0 unspecified atom stereocenters. The molecule has 0 aliphatic rings. The van der Waals surface area contributed by atoms with E-state index in [0.29, 0.717) is 11.4 Å². The summed E-state index contributed by atoms with van der Waals surface area (Å²) in [4.78, 5) is 14.5. The molecule has 2 aromatic heterocycles. The minimum Gasteiger partial charge on any atom is -0.382 e. The molecule has 0 spiro atoms. The van der Waals surface area contributed by atoms with Crippen molar-refractivity contribution in [1.82, 2.24) is 14.6 Å². The van der Waals surface area contributed by atoms with Crippen molar-refractivity contribution < 1.29 is 4.92 Å². The number of rotatable bonds is 5. The molecule has 32 heavy (non-hydrogen) atoms. The van der Waals surface area contributed by atoms with Gasteiger partial charge < -0.3 is 17.2 Å². The SMILES string of the molecule is Cc1ccc(N=Nc2c(N)nn3c(N)c(N=Nc4ccc([N+](=O)[O-])cc4)c(N)nc23)cc1. The Morgan fingerprint density at radius 3 is 2.00 bits per heavy atom. The Bertz CT molecular complexity index is 1370. The van der Waals surface area contributed by atoms with Crippen LogP contribution in [0, 0.1) is 17.0 Å². The maximum Gasteiger partial charge on any atom is 0.269 e. The Labute approximate surface area is 180 Å². The van der Waals surface area contributed by atoms with Crippen molar-refractivity contribution in [3.8, 4) is 0 Å². The minimum absolute atomic E-state index is 0.0210. The average Bonchev–Trinajstić information content (AvgIpc) is 3.08. The summed E-state index contributed by atoms with van der Waals surface area (Å²) < 4.78 is 1.25. The maximum atomic E-state index is 10.8. The average molecular weight is 431 g/mol. The van der Waals surface area contributed by atoms with Crippen molar-refractivity contribution in [2.45, 2.75) is 6.92 Å². The lowest BCUT2D eigenvalue weighted by molar-refractivity contribution is -0.384. The van der Waals surface area contributed by atoms with Gasteiger partial charge in [-0.05, 0) is 31.2 Å². The van der Waals surface area contributed by atoms with Gasteiger partial charge >= 0.3 is 0 Å². The molecule has 4 rings (SSSR count). The summed E-state index contributed by atoms with van der Waals surface area (Å²) in [5.41, 5.74) is 20.7. The number of aryl methyl sites for hydroxylation is 1. The number of nitro groups is 1. The summed E-state index contributed by atoms with van der Waals surface area (Å²) in [7, 11) is 0. The van der Waals surface area contributed by atoms with Gasteiger partial charge in [0.2, 0.25) is 0 Å². The topological polar surface area (TPSA) is 201 Å². The normalized spacial score (nSPS) is 11.7. The number of benzene rings is 2. The van der Waals surface area contributed by atoms with Crippen LogP contribution in [0.15, 0.2) is 69.0 Å². The van der Waals surface area contributed by atoms with Gasteiger partial charge in [0, 0.05) is 12.1 Å². The molecular weight excluding hydrogens is 414 g/mol. The number of anilines is 3. The van der Waals surface area contributed by atoms with Crippen molar-refractivity contribution in [3.05, 3.63) is 64.2 Å². The van der Waals surface area contributed by atoms with E-state index in [-0.39, 0.29) is 40.2 Å². The van der Waals surface area contributed by atoms with Gasteiger partial charge in [-0.2, -0.15) is 14.7 Å². The van der Waals surface area contributed by atoms with E-state index in [1.165, 1.54) is 28.8 Å². The van der Waals surface area contributed by atoms with Gasteiger partial charge in [-0.25, -0.2) is 4.98 Å². The van der Waals surface area contributed by atoms with Crippen molar-refractivity contribution in [2.24, 2.45) is 20.5 Å². The monoisotopic (exact) mass is 431 g/mol. The number of aromatic nitrogens is 3. The molecular formula is C19H17N11O2. The van der Waals surface area contributed by atoms with E-state index in [2.05, 4.69) is 30.5 Å². The summed E-state index contributed by atoms with van der Waals surface area (Å²) >= 11 is 0. The molecule has 4 aromatic rings. The molecule has 13 nitrogen and oxygen atoms in total. The Hall–Kier alpha value is -4.94. The first-order valence-corrected chi connectivity index (χ1v) is 9.21. The Morgan fingerprint density at radius 1 is 0.844 bits per heavy atom. The van der Waals surface area contributed by atoms with E-state index in [1.54, 1.807) is 0 Å². The molecule has 2 heterocycles. The summed E-state index contributed by atoms with van der Waals surface area (Å²) in [5, 5.41) is 31.2. The second-order valence-corrected chi connectivity index (χ2v) is 6.71. The molecule has 0 atom stereocenters. The van der Waals surface area contributed by atoms with Gasteiger partial charge in [-0.3, -0.25) is 10.1 Å². The fourth-order valence-electron chi connectivity index (χ4n) is 2.75. The van der Waals surface area contributed by atoms with Crippen LogP contribution < -0.4 is 17.2 Å². The van der Waals surface area contributed by atoms with Gasteiger partial charge in [-0.15, -0.1) is 15.3 Å². The number of azo groups is 2. The first kappa shape index (κ1) is 20.3. The molecule has 0 aliphatic carbocycles. The van der Waals surface area contributed by atoms with E-state index < -0.39 is 4.92 Å². The highest BCUT2D eigenvalue weighted by atomic mass is 16.6. The van der Waals surface area contributed by atoms with Crippen LogP contribution in [-0.4, -0.2) is 19.5 Å². The van der Waals surface area contributed by atoms with E-state index in [9.17, 15) is 10.1 Å². The van der Waals surface area contributed by atoms with Gasteiger partial charge in [0.15, 0.2) is 34.5 Å². The van der Waals surface area contributed by atoms with Crippen LogP contribution in [0.5, 0.6) is 0 Å². The second kappa shape index (κ2) is 8.06. The second-order valence-electron chi connectivity index (χ2n) is 6.71. The molecule has 0 saturated heterocycles. The Balaban J connectivity index is 1.69. The highest BCUT2D eigenvalue weighted by molar-refractivity contribution is 5.83. The lowest BCUT2D eigenvalue weighted by atomic mass is 10.2. The zero-order chi connectivity index (χ0) is 22.8.